The summed E-state index contributed by atoms with van der Waals surface area (Å²) in [7, 11) is 0. The Labute approximate surface area is 98.9 Å². The molecule has 1 atom stereocenters. The molecule has 6 nitrogen and oxygen atoms in total. The lowest BCUT2D eigenvalue weighted by molar-refractivity contribution is 0.281. The summed E-state index contributed by atoms with van der Waals surface area (Å²) in [6, 6.07) is 7.53. The third-order valence-electron chi connectivity index (χ3n) is 2.39. The Morgan fingerprint density at radius 1 is 1.35 bits per heavy atom. The molecule has 0 aliphatic heterocycles. The number of benzene rings is 1. The van der Waals surface area contributed by atoms with Gasteiger partial charge in [0.2, 0.25) is 5.95 Å². The van der Waals surface area contributed by atoms with Crippen LogP contribution >= 0.6 is 0 Å². The van der Waals surface area contributed by atoms with Crippen LogP contribution in [0.5, 0.6) is 0 Å². The Kier molecular flexibility index (Phi) is 3.36. The maximum atomic E-state index is 9.05. The molecule has 1 aromatic heterocycles. The van der Waals surface area contributed by atoms with Crippen molar-refractivity contribution in [2.45, 2.75) is 13.0 Å². The van der Waals surface area contributed by atoms with Gasteiger partial charge in [-0.3, -0.25) is 5.43 Å². The number of nitrogens with two attached hydrogens (primary N) is 1. The molecule has 1 aromatic carbocycles. The molecule has 6 heteroatoms. The highest BCUT2D eigenvalue weighted by Crippen LogP contribution is 2.21. The fraction of sp³-hybridized carbons (Fsp3) is 0.273. The molecule has 2 rings (SSSR count). The average Bonchev–Trinajstić information content (AvgIpc) is 2.38. The fourth-order valence-electron chi connectivity index (χ4n) is 1.53. The van der Waals surface area contributed by atoms with E-state index >= 15 is 0 Å². The first-order chi connectivity index (χ1) is 8.24. The largest absolute Gasteiger partial charge is 0.394 e. The topological polar surface area (TPSA) is 96.1 Å². The van der Waals surface area contributed by atoms with E-state index in [1.54, 1.807) is 0 Å². The molecule has 0 radical (unpaired) electrons. The van der Waals surface area contributed by atoms with Crippen molar-refractivity contribution in [3.8, 4) is 0 Å². The fourth-order valence-corrected chi connectivity index (χ4v) is 1.53. The monoisotopic (exact) mass is 233 g/mol. The van der Waals surface area contributed by atoms with Gasteiger partial charge in [0, 0.05) is 11.4 Å². The van der Waals surface area contributed by atoms with E-state index in [0.717, 1.165) is 10.9 Å². The van der Waals surface area contributed by atoms with Gasteiger partial charge in [-0.25, -0.2) is 10.8 Å². The van der Waals surface area contributed by atoms with Crippen LogP contribution in [0.2, 0.25) is 0 Å². The van der Waals surface area contributed by atoms with Gasteiger partial charge >= 0.3 is 0 Å². The molecule has 0 aliphatic rings. The normalized spacial score (nSPS) is 12.4. The number of rotatable bonds is 4. The molecule has 17 heavy (non-hydrogen) atoms. The van der Waals surface area contributed by atoms with Crippen molar-refractivity contribution >= 4 is 22.7 Å². The molecular formula is C11H15N5O. The van der Waals surface area contributed by atoms with E-state index in [1.807, 2.05) is 31.2 Å². The minimum absolute atomic E-state index is 0.0315. The molecule has 1 heterocycles. The molecule has 2 aromatic rings. The minimum Gasteiger partial charge on any atom is -0.394 e. The van der Waals surface area contributed by atoms with E-state index in [-0.39, 0.29) is 12.6 Å². The van der Waals surface area contributed by atoms with Gasteiger partial charge in [0.15, 0.2) is 0 Å². The third-order valence-corrected chi connectivity index (χ3v) is 2.39. The number of aliphatic hydroxyl groups is 1. The predicted molar refractivity (Wildman–Crippen MR) is 67.5 cm³/mol. The van der Waals surface area contributed by atoms with Crippen LogP contribution in [0.15, 0.2) is 24.3 Å². The maximum Gasteiger partial charge on any atom is 0.239 e. The summed E-state index contributed by atoms with van der Waals surface area (Å²) in [5.41, 5.74) is 3.22. The second-order valence-corrected chi connectivity index (χ2v) is 3.79. The van der Waals surface area contributed by atoms with Crippen LogP contribution in [0.4, 0.5) is 11.8 Å². The Bertz CT molecular complexity index is 516. The van der Waals surface area contributed by atoms with E-state index in [9.17, 15) is 0 Å². The Hall–Kier alpha value is -1.92. The number of aromatic nitrogens is 2. The summed E-state index contributed by atoms with van der Waals surface area (Å²) in [6.07, 6.45) is 0. The van der Waals surface area contributed by atoms with Crippen molar-refractivity contribution < 1.29 is 5.11 Å². The van der Waals surface area contributed by atoms with Crippen LogP contribution < -0.4 is 16.6 Å². The van der Waals surface area contributed by atoms with Gasteiger partial charge < -0.3 is 10.4 Å². The highest BCUT2D eigenvalue weighted by atomic mass is 16.3. The summed E-state index contributed by atoms with van der Waals surface area (Å²) in [6.45, 7) is 1.90. The van der Waals surface area contributed by atoms with Gasteiger partial charge in [-0.15, -0.1) is 0 Å². The number of hydrazine groups is 1. The molecule has 0 saturated heterocycles. The van der Waals surface area contributed by atoms with Crippen LogP contribution in [0.1, 0.15) is 6.92 Å². The van der Waals surface area contributed by atoms with E-state index in [0.29, 0.717) is 11.8 Å². The number of hydrogen-bond donors (Lipinski definition) is 4. The molecule has 1 unspecified atom stereocenters. The van der Waals surface area contributed by atoms with E-state index < -0.39 is 0 Å². The zero-order valence-corrected chi connectivity index (χ0v) is 9.51. The first-order valence-electron chi connectivity index (χ1n) is 5.35. The molecule has 0 spiro atoms. The van der Waals surface area contributed by atoms with Crippen LogP contribution in [-0.2, 0) is 0 Å². The quantitative estimate of drug-likeness (QED) is 0.459. The van der Waals surface area contributed by atoms with Gasteiger partial charge in [0.1, 0.15) is 5.82 Å². The lowest BCUT2D eigenvalue weighted by atomic mass is 10.2. The summed E-state index contributed by atoms with van der Waals surface area (Å²) >= 11 is 0. The van der Waals surface area contributed by atoms with Gasteiger partial charge in [0.05, 0.1) is 12.1 Å². The standard InChI is InChI=1S/C11H15N5O/c1-7(6-17)13-10-8-4-2-3-5-9(8)14-11(15-10)16-12/h2-5,7,17H,6,12H2,1H3,(H2,13,14,15,16). The zero-order valence-electron chi connectivity index (χ0n) is 9.51. The zero-order chi connectivity index (χ0) is 12.3. The number of nitrogens with zero attached hydrogens (tertiary/aromatic N) is 2. The molecule has 0 bridgehead atoms. The molecule has 0 aliphatic carbocycles. The summed E-state index contributed by atoms with van der Waals surface area (Å²) < 4.78 is 0. The lowest BCUT2D eigenvalue weighted by Gasteiger charge is -2.14. The summed E-state index contributed by atoms with van der Waals surface area (Å²) in [5, 5.41) is 13.1. The second kappa shape index (κ2) is 4.94. The number of fused-ring (bicyclic) bond motifs is 1. The lowest BCUT2D eigenvalue weighted by Crippen LogP contribution is -2.21. The Morgan fingerprint density at radius 2 is 2.12 bits per heavy atom. The number of aliphatic hydroxyl groups excluding tert-OH is 1. The average molecular weight is 233 g/mol. The first-order valence-corrected chi connectivity index (χ1v) is 5.35. The number of para-hydroxylation sites is 1. The summed E-state index contributed by atoms with van der Waals surface area (Å²) in [4.78, 5) is 8.48. The van der Waals surface area contributed by atoms with E-state index in [4.69, 9.17) is 10.9 Å². The van der Waals surface area contributed by atoms with Crippen LogP contribution in [-0.4, -0.2) is 27.7 Å². The molecule has 0 saturated carbocycles. The molecule has 0 amide bonds. The predicted octanol–water partition coefficient (Wildman–Crippen LogP) is 0.708. The SMILES string of the molecule is CC(CO)Nc1nc(NN)nc2ccccc12. The second-order valence-electron chi connectivity index (χ2n) is 3.79. The number of nitrogens with one attached hydrogen (secondary N) is 2. The van der Waals surface area contributed by atoms with Crippen molar-refractivity contribution in [2.24, 2.45) is 5.84 Å². The van der Waals surface area contributed by atoms with Crippen molar-refractivity contribution in [2.75, 3.05) is 17.3 Å². The van der Waals surface area contributed by atoms with Crippen LogP contribution in [0.25, 0.3) is 10.9 Å². The van der Waals surface area contributed by atoms with Crippen molar-refractivity contribution in [3.63, 3.8) is 0 Å². The van der Waals surface area contributed by atoms with Gasteiger partial charge in [-0.1, -0.05) is 12.1 Å². The summed E-state index contributed by atoms with van der Waals surface area (Å²) in [5.74, 6) is 6.32. The van der Waals surface area contributed by atoms with Crippen molar-refractivity contribution in [1.29, 1.82) is 0 Å². The first kappa shape index (κ1) is 11.6. The number of hydrogen-bond acceptors (Lipinski definition) is 6. The van der Waals surface area contributed by atoms with Gasteiger partial charge in [-0.2, -0.15) is 4.98 Å². The molecule has 5 N–H and O–H groups in total. The highest BCUT2D eigenvalue weighted by Gasteiger charge is 2.08. The third kappa shape index (κ3) is 2.43. The van der Waals surface area contributed by atoms with E-state index in [2.05, 4.69) is 20.7 Å². The molecule has 0 fully saturated rings. The minimum atomic E-state index is -0.0843. The molecule has 90 valence electrons. The Morgan fingerprint density at radius 3 is 2.82 bits per heavy atom. The maximum absolute atomic E-state index is 9.05. The Balaban J connectivity index is 2.50. The smallest absolute Gasteiger partial charge is 0.239 e. The van der Waals surface area contributed by atoms with E-state index in [1.165, 1.54) is 0 Å². The number of nitrogen functional groups attached to an aromatic ring is 1. The van der Waals surface area contributed by atoms with Gasteiger partial charge in [0.25, 0.3) is 0 Å². The highest BCUT2D eigenvalue weighted by molar-refractivity contribution is 5.90. The van der Waals surface area contributed by atoms with Crippen LogP contribution in [0, 0.1) is 0 Å². The van der Waals surface area contributed by atoms with Gasteiger partial charge in [-0.05, 0) is 19.1 Å². The number of anilines is 2. The van der Waals surface area contributed by atoms with Crippen molar-refractivity contribution in [1.82, 2.24) is 9.97 Å². The molecular weight excluding hydrogens is 218 g/mol. The van der Waals surface area contributed by atoms with Crippen molar-refractivity contribution in [3.05, 3.63) is 24.3 Å². The van der Waals surface area contributed by atoms with Crippen LogP contribution in [0.3, 0.4) is 0 Å².